The largest absolute Gasteiger partial charge is 0.481 e. The molecule has 0 spiro atoms. The highest BCUT2D eigenvalue weighted by atomic mass is 16.4. The van der Waals surface area contributed by atoms with Crippen molar-refractivity contribution in [2.75, 3.05) is 0 Å². The summed E-state index contributed by atoms with van der Waals surface area (Å²) in [5, 5.41) is 17.0. The number of carboxylic acids is 2. The highest BCUT2D eigenvalue weighted by Gasteiger charge is 1.93. The van der Waals surface area contributed by atoms with E-state index in [1.54, 1.807) is 6.08 Å². The molecule has 0 atom stereocenters. The molecule has 244 valence electrons. The van der Waals surface area contributed by atoms with E-state index in [1.165, 1.54) is 12.2 Å². The highest BCUT2D eigenvalue weighted by molar-refractivity contribution is 5.66. The molecule has 0 aromatic carbocycles. The van der Waals surface area contributed by atoms with Gasteiger partial charge in [-0.25, -0.2) is 0 Å². The van der Waals surface area contributed by atoms with Crippen molar-refractivity contribution < 1.29 is 34.9 Å². The van der Waals surface area contributed by atoms with Gasteiger partial charge in [0.2, 0.25) is 0 Å². The first-order chi connectivity index (χ1) is 25.8. The van der Waals surface area contributed by atoms with E-state index < -0.39 is 44.4 Å². The van der Waals surface area contributed by atoms with E-state index in [1.807, 2.05) is 72.9 Å². The zero-order valence-electron chi connectivity index (χ0n) is 37.1. The van der Waals surface area contributed by atoms with Crippen LogP contribution in [0.1, 0.15) is 131 Å². The Hall–Kier alpha value is -3.66. The zero-order chi connectivity index (χ0) is 42.1. The van der Waals surface area contributed by atoms with Crippen molar-refractivity contribution in [2.24, 2.45) is 0 Å². The van der Waals surface area contributed by atoms with Gasteiger partial charge in [-0.15, -0.1) is 0 Å². The molecule has 0 fully saturated rings. The van der Waals surface area contributed by atoms with E-state index >= 15 is 0 Å². The van der Waals surface area contributed by atoms with Crippen molar-refractivity contribution >= 4 is 11.9 Å². The molecule has 0 saturated heterocycles. The predicted octanol–water partition coefficient (Wildman–Crippen LogP) is 12.0. The Morgan fingerprint density at radius 2 is 0.773 bits per heavy atom. The molecule has 0 unspecified atom stereocenters. The first kappa shape index (κ1) is 25.6. The molecule has 0 radical (unpaired) electrons. The lowest BCUT2D eigenvalue weighted by Crippen LogP contribution is -1.92. The van der Waals surface area contributed by atoms with Crippen LogP contribution in [-0.2, 0) is 9.59 Å². The Bertz CT molecular complexity index is 1360. The fourth-order valence-electron chi connectivity index (χ4n) is 3.18. The van der Waals surface area contributed by atoms with Gasteiger partial charge in [0.25, 0.3) is 0 Å². The van der Waals surface area contributed by atoms with Crippen LogP contribution in [-0.4, -0.2) is 22.2 Å². The molecule has 0 amide bonds. The molecule has 4 heteroatoms. The van der Waals surface area contributed by atoms with Gasteiger partial charge >= 0.3 is 11.9 Å². The Morgan fingerprint density at radius 3 is 1.09 bits per heavy atom. The number of carbonyl (C=O) groups is 2. The molecule has 0 aliphatic carbocycles. The van der Waals surface area contributed by atoms with E-state index in [9.17, 15) is 9.59 Å². The fraction of sp³-hybridized carbons (Fsp3) is 0.450. The minimum Gasteiger partial charge on any atom is -0.481 e. The van der Waals surface area contributed by atoms with Crippen molar-refractivity contribution in [3.05, 3.63) is 121 Å². The van der Waals surface area contributed by atoms with Gasteiger partial charge in [0.05, 0.1) is 1.37 Å². The Labute approximate surface area is 284 Å². The number of hydrogen-bond acceptors (Lipinski definition) is 2. The third kappa shape index (κ3) is 45.3. The molecule has 44 heavy (non-hydrogen) atoms. The van der Waals surface area contributed by atoms with Gasteiger partial charge in [-0.2, -0.15) is 0 Å². The number of allylic oxidation sites excluding steroid dienone is 20. The summed E-state index contributed by atoms with van der Waals surface area (Å²) in [6.45, 7) is -5.48. The lowest BCUT2D eigenvalue weighted by Gasteiger charge is -1.89. The van der Waals surface area contributed by atoms with Crippen LogP contribution < -0.4 is 0 Å². The number of hydrogen-bond donors (Lipinski definition) is 2. The number of unbranched alkanes of at least 4 members (excludes halogenated alkanes) is 2. The van der Waals surface area contributed by atoms with E-state index in [4.69, 9.17) is 25.3 Å². The van der Waals surface area contributed by atoms with Gasteiger partial charge in [-0.1, -0.05) is 135 Å². The maximum Gasteiger partial charge on any atom is 0.303 e. The standard InChI is InChI=1S/2C20H30O2/c2*1-2-3-4-5-6-7-8-9-10-11-12-13-14-15-16-17-18-19-20(21)22/h2*3-4,6-7,9-10,12-13,15-16H,2,5,8,11,14,17-19H2,1H3,(H,21,22)/b2*4-3-,7-6-,10-9-,13-12-,16-15-/i1D3,2D2,3D;1D3,2D2. The second-order valence-electron chi connectivity index (χ2n) is 9.25. The third-order valence-corrected chi connectivity index (χ3v) is 5.39. The predicted molar refractivity (Wildman–Crippen MR) is 192 cm³/mol. The number of carboxylic acid groups (broad SMARTS) is 2. The first-order valence-corrected chi connectivity index (χ1v) is 15.2. The fourth-order valence-corrected chi connectivity index (χ4v) is 3.18. The molecule has 4 nitrogen and oxygen atoms in total. The van der Waals surface area contributed by atoms with Crippen molar-refractivity contribution in [2.45, 2.75) is 116 Å². The molecule has 0 bridgehead atoms. The Morgan fingerprint density at radius 1 is 0.477 bits per heavy atom. The second-order valence-corrected chi connectivity index (χ2v) is 9.25. The topological polar surface area (TPSA) is 74.6 Å². The van der Waals surface area contributed by atoms with E-state index in [0.29, 0.717) is 32.1 Å². The van der Waals surface area contributed by atoms with Gasteiger partial charge in [0.15, 0.2) is 0 Å². The van der Waals surface area contributed by atoms with Crippen molar-refractivity contribution in [1.29, 1.82) is 0 Å². The Balaban J connectivity index is 0. The quantitative estimate of drug-likeness (QED) is 0.0750. The SMILES string of the molecule is [2H]/C(=C/C/C=C\C/C=C\C/C=C\C/C=C\CCCC(=O)O)C([2H])([2H])C([2H])([2H])[2H].[2H]C([2H])([2H])C([2H])([2H])/C=C\C/C=C\C/C=C\C/C=C\C/C=C\CCCC(=O)O. The van der Waals surface area contributed by atoms with Gasteiger partial charge in [-0.05, 0) is 89.8 Å². The number of rotatable bonds is 26. The molecule has 0 saturated carbocycles. The first-order valence-electron chi connectivity index (χ1n) is 20.7. The smallest absolute Gasteiger partial charge is 0.303 e. The molecule has 0 aliphatic rings. The average molecular weight is 616 g/mol. The monoisotopic (exact) mass is 616 g/mol. The van der Waals surface area contributed by atoms with Crippen LogP contribution in [0.3, 0.4) is 0 Å². The summed E-state index contributed by atoms with van der Waals surface area (Å²) >= 11 is 0. The summed E-state index contributed by atoms with van der Waals surface area (Å²) in [6, 6.07) is -0.520. The van der Waals surface area contributed by atoms with Crippen LogP contribution in [0.25, 0.3) is 0 Å². The van der Waals surface area contributed by atoms with Crippen LogP contribution in [0.15, 0.2) is 121 Å². The van der Waals surface area contributed by atoms with E-state index in [2.05, 4.69) is 18.2 Å². The minimum atomic E-state index is -2.84. The lowest BCUT2D eigenvalue weighted by molar-refractivity contribution is -0.138. The number of aliphatic carboxylic acids is 2. The van der Waals surface area contributed by atoms with Crippen molar-refractivity contribution in [3.63, 3.8) is 0 Å². The van der Waals surface area contributed by atoms with Crippen LogP contribution >= 0.6 is 0 Å². The van der Waals surface area contributed by atoms with Crippen LogP contribution in [0.2, 0.25) is 0 Å². The molecule has 2 N–H and O–H groups in total. The van der Waals surface area contributed by atoms with Crippen LogP contribution in [0.4, 0.5) is 0 Å². The molecular formula is C40H60O4. The summed E-state index contributed by atoms with van der Waals surface area (Å²) in [7, 11) is 0. The molecule has 0 aromatic rings. The maximum absolute atomic E-state index is 10.3. The van der Waals surface area contributed by atoms with Gasteiger partial charge in [-0.3, -0.25) is 9.59 Å². The van der Waals surface area contributed by atoms with Gasteiger partial charge in [0.1, 0.15) is 0 Å². The average Bonchev–Trinajstić information content (AvgIpc) is 3.08. The summed E-state index contributed by atoms with van der Waals surface area (Å²) in [6.07, 6.45) is 39.9. The van der Waals surface area contributed by atoms with E-state index in [-0.39, 0.29) is 12.8 Å². The summed E-state index contributed by atoms with van der Waals surface area (Å²) in [5.41, 5.74) is 0. The lowest BCUT2D eigenvalue weighted by atomic mass is 10.2. The summed E-state index contributed by atoms with van der Waals surface area (Å²) in [4.78, 5) is 20.7. The van der Waals surface area contributed by atoms with Crippen molar-refractivity contribution in [1.82, 2.24) is 0 Å². The molecule has 0 aromatic heterocycles. The summed E-state index contributed by atoms with van der Waals surface area (Å²) < 4.78 is 79.9. The van der Waals surface area contributed by atoms with Gasteiger partial charge < -0.3 is 10.2 Å². The molecule has 0 rings (SSSR count). The summed E-state index contributed by atoms with van der Waals surface area (Å²) in [5.74, 6) is -1.51. The molecular weight excluding hydrogens is 544 g/mol. The van der Waals surface area contributed by atoms with Crippen molar-refractivity contribution in [3.8, 4) is 0 Å². The zero-order valence-corrected chi connectivity index (χ0v) is 26.1. The molecule has 0 heterocycles. The third-order valence-electron chi connectivity index (χ3n) is 5.39. The molecule has 0 aliphatic heterocycles. The maximum atomic E-state index is 10.3. The van der Waals surface area contributed by atoms with Crippen LogP contribution in [0, 0.1) is 0 Å². The van der Waals surface area contributed by atoms with Gasteiger partial charge in [0, 0.05) is 26.5 Å². The second kappa shape index (κ2) is 39.3. The Kier molecular flexibility index (Phi) is 22.9. The normalized spacial score (nSPS) is 17.9. The minimum absolute atomic E-state index is 0.206. The van der Waals surface area contributed by atoms with E-state index in [0.717, 1.165) is 51.0 Å². The highest BCUT2D eigenvalue weighted by Crippen LogP contribution is 2.00. The van der Waals surface area contributed by atoms with Crippen LogP contribution in [0.5, 0.6) is 0 Å².